The van der Waals surface area contributed by atoms with E-state index in [-0.39, 0.29) is 37.3 Å². The number of oxazole rings is 1. The van der Waals surface area contributed by atoms with Gasteiger partial charge in [0, 0.05) is 13.0 Å². The minimum absolute atomic E-state index is 0.0203. The molecule has 0 saturated carbocycles. The molecule has 1 aliphatic heterocycles. The van der Waals surface area contributed by atoms with Gasteiger partial charge in [0.15, 0.2) is 0 Å². The van der Waals surface area contributed by atoms with Crippen molar-refractivity contribution in [1.82, 2.24) is 4.98 Å². The number of esters is 1. The highest BCUT2D eigenvalue weighted by atomic mass is 16.5. The molecule has 0 bridgehead atoms. The quantitative estimate of drug-likeness (QED) is 0.748. The van der Waals surface area contributed by atoms with Gasteiger partial charge in [0.25, 0.3) is 0 Å². The normalized spacial score (nSPS) is 18.7. The van der Waals surface area contributed by atoms with Gasteiger partial charge in [-0.05, 0) is 6.92 Å². The molecule has 8 nitrogen and oxygen atoms in total. The molecule has 1 aromatic rings. The summed E-state index contributed by atoms with van der Waals surface area (Å²) in [5.74, 6) is -2.17. The van der Waals surface area contributed by atoms with E-state index in [0.29, 0.717) is 0 Å². The van der Waals surface area contributed by atoms with Gasteiger partial charge in [-0.15, -0.1) is 0 Å². The van der Waals surface area contributed by atoms with Gasteiger partial charge < -0.3 is 14.9 Å². The van der Waals surface area contributed by atoms with Crippen LogP contribution in [0.5, 0.6) is 0 Å². The van der Waals surface area contributed by atoms with Crippen LogP contribution in [0.15, 0.2) is 10.6 Å². The second-order valence-electron chi connectivity index (χ2n) is 4.04. The van der Waals surface area contributed by atoms with Crippen molar-refractivity contribution < 1.29 is 23.5 Å². The number of hydrogen-bond donors (Lipinski definition) is 1. The number of anilines is 1. The lowest BCUT2D eigenvalue weighted by Gasteiger charge is -2.10. The summed E-state index contributed by atoms with van der Waals surface area (Å²) in [7, 11) is 0. The number of aromatic nitrogens is 1. The molecule has 0 spiro atoms. The Morgan fingerprint density at radius 2 is 2.37 bits per heavy atom. The Balaban J connectivity index is 2.13. The van der Waals surface area contributed by atoms with Gasteiger partial charge >= 0.3 is 12.0 Å². The summed E-state index contributed by atoms with van der Waals surface area (Å²) in [6, 6.07) is -0.0307. The van der Waals surface area contributed by atoms with E-state index in [1.807, 2.05) is 0 Å². The lowest BCUT2D eigenvalue weighted by Crippen LogP contribution is -2.28. The molecule has 2 rings (SSSR count). The van der Waals surface area contributed by atoms with Crippen LogP contribution in [0.25, 0.3) is 0 Å². The number of carbonyl (C=O) groups excluding carboxylic acids is 3. The summed E-state index contributed by atoms with van der Waals surface area (Å²) in [6.45, 7) is 1.98. The highest BCUT2D eigenvalue weighted by molar-refractivity contribution is 5.98. The van der Waals surface area contributed by atoms with E-state index >= 15 is 0 Å². The van der Waals surface area contributed by atoms with Crippen LogP contribution in [-0.4, -0.2) is 35.9 Å². The Kier molecular flexibility index (Phi) is 3.50. The molecule has 1 saturated heterocycles. The Morgan fingerprint density at radius 1 is 1.63 bits per heavy atom. The van der Waals surface area contributed by atoms with Crippen LogP contribution in [0.1, 0.15) is 23.9 Å². The molecule has 0 aliphatic carbocycles. The molecule has 1 aromatic heterocycles. The van der Waals surface area contributed by atoms with Gasteiger partial charge in [0.1, 0.15) is 0 Å². The van der Waals surface area contributed by atoms with Crippen molar-refractivity contribution in [2.75, 3.05) is 18.1 Å². The first-order chi connectivity index (χ1) is 9.02. The first-order valence-corrected chi connectivity index (χ1v) is 5.75. The molecule has 1 atom stereocenters. The zero-order valence-corrected chi connectivity index (χ0v) is 10.3. The topological polar surface area (TPSA) is 116 Å². The van der Waals surface area contributed by atoms with Crippen molar-refractivity contribution >= 4 is 23.8 Å². The third-order valence-electron chi connectivity index (χ3n) is 2.73. The molecule has 19 heavy (non-hydrogen) atoms. The number of carbonyl (C=O) groups is 3. The summed E-state index contributed by atoms with van der Waals surface area (Å²) >= 11 is 0. The monoisotopic (exact) mass is 267 g/mol. The van der Waals surface area contributed by atoms with Crippen molar-refractivity contribution in [2.45, 2.75) is 13.3 Å². The number of nitrogens with two attached hydrogens (primary N) is 1. The SMILES string of the molecule is CCOC(=O)c1cnc(N2CC(C(N)=O)CC2=O)o1. The molecule has 2 N–H and O–H groups in total. The summed E-state index contributed by atoms with van der Waals surface area (Å²) in [5, 5.41) is 0. The van der Waals surface area contributed by atoms with Crippen LogP contribution in [-0.2, 0) is 14.3 Å². The zero-order valence-electron chi connectivity index (χ0n) is 10.3. The fourth-order valence-corrected chi connectivity index (χ4v) is 1.77. The minimum atomic E-state index is -0.653. The number of nitrogens with zero attached hydrogens (tertiary/aromatic N) is 2. The van der Waals surface area contributed by atoms with E-state index < -0.39 is 17.8 Å². The molecule has 2 heterocycles. The van der Waals surface area contributed by atoms with E-state index in [2.05, 4.69) is 4.98 Å². The van der Waals surface area contributed by atoms with Crippen LogP contribution >= 0.6 is 0 Å². The summed E-state index contributed by atoms with van der Waals surface area (Å²) < 4.78 is 9.89. The summed E-state index contributed by atoms with van der Waals surface area (Å²) in [6.07, 6.45) is 1.20. The van der Waals surface area contributed by atoms with Crippen LogP contribution in [0, 0.1) is 5.92 Å². The number of amides is 2. The fourth-order valence-electron chi connectivity index (χ4n) is 1.77. The van der Waals surface area contributed by atoms with Gasteiger partial charge in [-0.3, -0.25) is 14.5 Å². The van der Waals surface area contributed by atoms with E-state index in [1.165, 1.54) is 11.1 Å². The largest absolute Gasteiger partial charge is 0.460 e. The average molecular weight is 267 g/mol. The molecule has 1 aliphatic rings. The minimum Gasteiger partial charge on any atom is -0.460 e. The molecular formula is C11H13N3O5. The Bertz CT molecular complexity index is 524. The van der Waals surface area contributed by atoms with Crippen LogP contribution in [0.3, 0.4) is 0 Å². The van der Waals surface area contributed by atoms with E-state index in [9.17, 15) is 14.4 Å². The van der Waals surface area contributed by atoms with Gasteiger partial charge in [-0.2, -0.15) is 0 Å². The molecule has 1 fully saturated rings. The Labute approximate surface area is 108 Å². The van der Waals surface area contributed by atoms with Gasteiger partial charge in [-0.1, -0.05) is 0 Å². The maximum atomic E-state index is 11.7. The molecule has 0 aromatic carbocycles. The highest BCUT2D eigenvalue weighted by Gasteiger charge is 2.36. The van der Waals surface area contributed by atoms with Crippen molar-refractivity contribution in [2.24, 2.45) is 11.7 Å². The van der Waals surface area contributed by atoms with Crippen molar-refractivity contribution in [3.05, 3.63) is 12.0 Å². The van der Waals surface area contributed by atoms with Crippen LogP contribution in [0.4, 0.5) is 6.01 Å². The number of hydrogen-bond acceptors (Lipinski definition) is 6. The predicted octanol–water partition coefficient (Wildman–Crippen LogP) is -0.310. The second kappa shape index (κ2) is 5.09. The molecule has 102 valence electrons. The first-order valence-electron chi connectivity index (χ1n) is 5.75. The Morgan fingerprint density at radius 3 is 2.95 bits per heavy atom. The standard InChI is InChI=1S/C11H13N3O5/c1-2-18-10(17)7-4-13-11(19-7)14-5-6(9(12)16)3-8(14)15/h4,6H,2-3,5H2,1H3,(H2,12,16). The van der Waals surface area contributed by atoms with Gasteiger partial charge in [-0.25, -0.2) is 9.78 Å². The third-order valence-corrected chi connectivity index (χ3v) is 2.73. The molecular weight excluding hydrogens is 254 g/mol. The van der Waals surface area contributed by atoms with Gasteiger partial charge in [0.2, 0.25) is 17.6 Å². The maximum Gasteiger partial charge on any atom is 0.376 e. The van der Waals surface area contributed by atoms with Gasteiger partial charge in [0.05, 0.1) is 18.7 Å². The lowest BCUT2D eigenvalue weighted by atomic mass is 10.1. The highest BCUT2D eigenvalue weighted by Crippen LogP contribution is 2.24. The number of primary amides is 1. The van der Waals surface area contributed by atoms with E-state index in [1.54, 1.807) is 6.92 Å². The van der Waals surface area contributed by atoms with Crippen molar-refractivity contribution in [3.8, 4) is 0 Å². The lowest BCUT2D eigenvalue weighted by molar-refractivity contribution is -0.123. The van der Waals surface area contributed by atoms with Crippen molar-refractivity contribution in [1.29, 1.82) is 0 Å². The second-order valence-corrected chi connectivity index (χ2v) is 4.04. The number of ether oxygens (including phenoxy) is 1. The zero-order chi connectivity index (χ0) is 14.0. The van der Waals surface area contributed by atoms with Crippen molar-refractivity contribution in [3.63, 3.8) is 0 Å². The molecule has 0 radical (unpaired) electrons. The predicted molar refractivity (Wildman–Crippen MR) is 62.1 cm³/mol. The fraction of sp³-hybridized carbons (Fsp3) is 0.455. The Hall–Kier alpha value is -2.38. The molecule has 8 heteroatoms. The third kappa shape index (κ3) is 2.56. The molecule has 2 amide bonds. The first kappa shape index (κ1) is 13.1. The summed E-state index contributed by atoms with van der Waals surface area (Å²) in [4.78, 5) is 39.2. The summed E-state index contributed by atoms with van der Waals surface area (Å²) in [5.41, 5.74) is 5.15. The maximum absolute atomic E-state index is 11.7. The van der Waals surface area contributed by atoms with Crippen LogP contribution < -0.4 is 10.6 Å². The average Bonchev–Trinajstić information content (AvgIpc) is 2.95. The van der Waals surface area contributed by atoms with Crippen LogP contribution in [0.2, 0.25) is 0 Å². The number of rotatable bonds is 4. The van der Waals surface area contributed by atoms with E-state index in [0.717, 1.165) is 0 Å². The van der Waals surface area contributed by atoms with E-state index in [4.69, 9.17) is 14.9 Å². The molecule has 1 unspecified atom stereocenters. The smallest absolute Gasteiger partial charge is 0.376 e.